The molecule has 1 aromatic carbocycles. The molecule has 6 nitrogen and oxygen atoms in total. The maximum Gasteiger partial charge on any atom is 0.227 e. The van der Waals surface area contributed by atoms with Crippen molar-refractivity contribution in [3.8, 4) is 11.6 Å². The zero-order chi connectivity index (χ0) is 16.5. The van der Waals surface area contributed by atoms with Crippen LogP contribution in [0.5, 0.6) is 0 Å². The zero-order valence-corrected chi connectivity index (χ0v) is 15.7. The molecule has 0 saturated heterocycles. The number of nitrogens with one attached hydrogen (secondary N) is 2. The number of carbonyl (C=O) groups excluding carboxylic acids is 1. The predicted octanol–water partition coefficient (Wildman–Crippen LogP) is 4.12. The number of rotatable bonds is 3. The molecule has 2 heterocycles. The van der Waals surface area contributed by atoms with Crippen molar-refractivity contribution < 1.29 is 9.21 Å². The van der Waals surface area contributed by atoms with Gasteiger partial charge in [0.2, 0.25) is 5.91 Å². The molecule has 4 rings (SSSR count). The van der Waals surface area contributed by atoms with Crippen LogP contribution in [0.2, 0.25) is 0 Å². The Labute approximate surface area is 163 Å². The van der Waals surface area contributed by atoms with Gasteiger partial charge in [0.05, 0.1) is 17.3 Å². The van der Waals surface area contributed by atoms with E-state index in [9.17, 15) is 4.79 Å². The van der Waals surface area contributed by atoms with E-state index in [0.29, 0.717) is 11.6 Å². The van der Waals surface area contributed by atoms with Gasteiger partial charge in [-0.3, -0.25) is 4.79 Å². The normalized spacial score (nSPS) is 19.4. The lowest BCUT2D eigenvalue weighted by Crippen LogP contribution is -2.34. The molecule has 0 aliphatic heterocycles. The third-order valence-corrected chi connectivity index (χ3v) is 4.59. The van der Waals surface area contributed by atoms with Gasteiger partial charge in [-0.1, -0.05) is 6.42 Å². The molecule has 3 aromatic rings. The number of aromatic amines is 1. The molecule has 140 valence electrons. The SMILES string of the molecule is Cl.Cl.NC1CCCC(C(=O)Nc2ccc3nc(-c4ccco4)[nH]c3c2)C1. The van der Waals surface area contributed by atoms with Gasteiger partial charge in [0.15, 0.2) is 11.6 Å². The van der Waals surface area contributed by atoms with E-state index in [1.54, 1.807) is 6.26 Å². The Morgan fingerprint density at radius 1 is 1.27 bits per heavy atom. The van der Waals surface area contributed by atoms with Crippen molar-refractivity contribution in [1.29, 1.82) is 0 Å². The van der Waals surface area contributed by atoms with Gasteiger partial charge < -0.3 is 20.5 Å². The lowest BCUT2D eigenvalue weighted by atomic mass is 9.85. The van der Waals surface area contributed by atoms with Gasteiger partial charge in [-0.2, -0.15) is 0 Å². The number of hydrogen-bond donors (Lipinski definition) is 3. The number of nitrogens with two attached hydrogens (primary N) is 1. The lowest BCUT2D eigenvalue weighted by Gasteiger charge is -2.25. The number of H-pyrrole nitrogens is 1. The second-order valence-corrected chi connectivity index (χ2v) is 6.41. The van der Waals surface area contributed by atoms with E-state index in [2.05, 4.69) is 15.3 Å². The van der Waals surface area contributed by atoms with Crippen molar-refractivity contribution in [2.75, 3.05) is 5.32 Å². The summed E-state index contributed by atoms with van der Waals surface area (Å²) in [6.07, 6.45) is 5.32. The van der Waals surface area contributed by atoms with Crippen LogP contribution in [-0.4, -0.2) is 21.9 Å². The molecule has 1 aliphatic carbocycles. The average Bonchev–Trinajstić information content (AvgIpc) is 3.23. The van der Waals surface area contributed by atoms with Crippen molar-refractivity contribution >= 4 is 47.4 Å². The summed E-state index contributed by atoms with van der Waals surface area (Å²) in [4.78, 5) is 20.2. The number of imidazole rings is 1. The largest absolute Gasteiger partial charge is 0.461 e. The number of anilines is 1. The number of benzene rings is 1. The first-order chi connectivity index (χ1) is 11.7. The number of nitrogens with zero attached hydrogens (tertiary/aromatic N) is 1. The average molecular weight is 397 g/mol. The highest BCUT2D eigenvalue weighted by Crippen LogP contribution is 2.26. The number of hydrogen-bond acceptors (Lipinski definition) is 4. The minimum Gasteiger partial charge on any atom is -0.461 e. The monoisotopic (exact) mass is 396 g/mol. The Bertz CT molecular complexity index is 863. The molecule has 26 heavy (non-hydrogen) atoms. The van der Waals surface area contributed by atoms with Crippen molar-refractivity contribution in [1.82, 2.24) is 9.97 Å². The Hall–Kier alpha value is -2.02. The van der Waals surface area contributed by atoms with E-state index < -0.39 is 0 Å². The lowest BCUT2D eigenvalue weighted by molar-refractivity contribution is -0.120. The fraction of sp³-hybridized carbons (Fsp3) is 0.333. The smallest absolute Gasteiger partial charge is 0.227 e. The van der Waals surface area contributed by atoms with E-state index >= 15 is 0 Å². The molecule has 0 bridgehead atoms. The molecule has 0 spiro atoms. The van der Waals surface area contributed by atoms with Crippen LogP contribution in [0.4, 0.5) is 5.69 Å². The molecule has 4 N–H and O–H groups in total. The van der Waals surface area contributed by atoms with E-state index in [1.807, 2.05) is 30.3 Å². The number of aromatic nitrogens is 2. The maximum atomic E-state index is 12.4. The maximum absolute atomic E-state index is 12.4. The molecule has 1 saturated carbocycles. The highest BCUT2D eigenvalue weighted by Gasteiger charge is 2.25. The summed E-state index contributed by atoms with van der Waals surface area (Å²) in [6.45, 7) is 0. The van der Waals surface area contributed by atoms with Gasteiger partial charge in [-0.05, 0) is 49.6 Å². The first kappa shape index (κ1) is 20.3. The summed E-state index contributed by atoms with van der Waals surface area (Å²) in [5.41, 5.74) is 8.44. The third kappa shape index (κ3) is 4.20. The van der Waals surface area contributed by atoms with Gasteiger partial charge in [-0.15, -0.1) is 24.8 Å². The summed E-state index contributed by atoms with van der Waals surface area (Å²) in [5.74, 6) is 1.42. The minimum atomic E-state index is 0. The molecule has 1 amide bonds. The van der Waals surface area contributed by atoms with Gasteiger partial charge in [0, 0.05) is 17.6 Å². The molecule has 8 heteroatoms. The molecular weight excluding hydrogens is 375 g/mol. The summed E-state index contributed by atoms with van der Waals surface area (Å²) in [6, 6.07) is 9.47. The Balaban J connectivity index is 0.00000121. The van der Waals surface area contributed by atoms with Crippen molar-refractivity contribution in [2.45, 2.75) is 31.7 Å². The number of halogens is 2. The van der Waals surface area contributed by atoms with Crippen molar-refractivity contribution in [2.24, 2.45) is 11.7 Å². The summed E-state index contributed by atoms with van der Waals surface area (Å²) >= 11 is 0. The van der Waals surface area contributed by atoms with Crippen LogP contribution in [0, 0.1) is 5.92 Å². The van der Waals surface area contributed by atoms with Crippen LogP contribution in [-0.2, 0) is 4.79 Å². The first-order valence-electron chi connectivity index (χ1n) is 8.29. The van der Waals surface area contributed by atoms with Crippen LogP contribution >= 0.6 is 24.8 Å². The van der Waals surface area contributed by atoms with E-state index in [1.165, 1.54) is 0 Å². The molecule has 0 radical (unpaired) electrons. The molecule has 2 unspecified atom stereocenters. The van der Waals surface area contributed by atoms with Gasteiger partial charge >= 0.3 is 0 Å². The van der Waals surface area contributed by atoms with Crippen LogP contribution in [0.1, 0.15) is 25.7 Å². The minimum absolute atomic E-state index is 0. The highest BCUT2D eigenvalue weighted by molar-refractivity contribution is 5.94. The summed E-state index contributed by atoms with van der Waals surface area (Å²) in [7, 11) is 0. The molecule has 1 aliphatic rings. The van der Waals surface area contributed by atoms with E-state index in [-0.39, 0.29) is 42.7 Å². The molecular formula is C18H22Cl2N4O2. The van der Waals surface area contributed by atoms with Crippen LogP contribution < -0.4 is 11.1 Å². The number of carbonyl (C=O) groups is 1. The number of fused-ring (bicyclic) bond motifs is 1. The van der Waals surface area contributed by atoms with Crippen molar-refractivity contribution in [3.05, 3.63) is 36.6 Å². The Morgan fingerprint density at radius 2 is 2.12 bits per heavy atom. The predicted molar refractivity (Wildman–Crippen MR) is 107 cm³/mol. The number of amides is 1. The van der Waals surface area contributed by atoms with Gasteiger partial charge in [0.1, 0.15) is 0 Å². The second kappa shape index (κ2) is 8.58. The van der Waals surface area contributed by atoms with Crippen LogP contribution in [0.15, 0.2) is 41.0 Å². The fourth-order valence-corrected chi connectivity index (χ4v) is 3.33. The van der Waals surface area contributed by atoms with Crippen LogP contribution in [0.25, 0.3) is 22.6 Å². The standard InChI is InChI=1S/C18H20N4O2.2ClH/c19-12-4-1-3-11(9-12)18(23)20-13-6-7-14-15(10-13)22-17(21-14)16-5-2-8-24-16;;/h2,5-8,10-12H,1,3-4,9,19H2,(H,20,23)(H,21,22);2*1H. The summed E-state index contributed by atoms with van der Waals surface area (Å²) in [5, 5.41) is 3.00. The van der Waals surface area contributed by atoms with Crippen LogP contribution in [0.3, 0.4) is 0 Å². The number of furan rings is 1. The third-order valence-electron chi connectivity index (χ3n) is 4.59. The quantitative estimate of drug-likeness (QED) is 0.619. The van der Waals surface area contributed by atoms with E-state index in [0.717, 1.165) is 42.4 Å². The second-order valence-electron chi connectivity index (χ2n) is 6.41. The Morgan fingerprint density at radius 3 is 2.85 bits per heavy atom. The first-order valence-corrected chi connectivity index (χ1v) is 8.29. The molecule has 2 atom stereocenters. The molecule has 2 aromatic heterocycles. The zero-order valence-electron chi connectivity index (χ0n) is 14.1. The van der Waals surface area contributed by atoms with Gasteiger partial charge in [0.25, 0.3) is 0 Å². The highest BCUT2D eigenvalue weighted by atomic mass is 35.5. The van der Waals surface area contributed by atoms with E-state index in [4.69, 9.17) is 10.2 Å². The topological polar surface area (TPSA) is 96.9 Å². The summed E-state index contributed by atoms with van der Waals surface area (Å²) < 4.78 is 5.36. The van der Waals surface area contributed by atoms with Gasteiger partial charge in [-0.25, -0.2) is 4.98 Å². The fourth-order valence-electron chi connectivity index (χ4n) is 3.33. The van der Waals surface area contributed by atoms with Crippen molar-refractivity contribution in [3.63, 3.8) is 0 Å². The molecule has 1 fully saturated rings. The Kier molecular flexibility index (Phi) is 6.69.